The van der Waals surface area contributed by atoms with Crippen LogP contribution in [0.3, 0.4) is 0 Å². The van der Waals surface area contributed by atoms with E-state index in [2.05, 4.69) is 51.7 Å². The number of nitrogens with zero attached hydrogens (tertiary/aromatic N) is 4. The zero-order chi connectivity index (χ0) is 13.2. The molecule has 3 rings (SSSR count). The van der Waals surface area contributed by atoms with Crippen molar-refractivity contribution in [3.05, 3.63) is 53.5 Å². The van der Waals surface area contributed by atoms with Gasteiger partial charge in [-0.1, -0.05) is 29.8 Å². The van der Waals surface area contributed by atoms with E-state index in [1.165, 1.54) is 11.1 Å². The largest absolute Gasteiger partial charge is 0.367 e. The van der Waals surface area contributed by atoms with Crippen molar-refractivity contribution >= 4 is 11.6 Å². The highest BCUT2D eigenvalue weighted by Crippen LogP contribution is 2.12. The maximum atomic E-state index is 4.31. The molecule has 0 aliphatic heterocycles. The fourth-order valence-electron chi connectivity index (χ4n) is 1.97. The highest BCUT2D eigenvalue weighted by atomic mass is 15.3. The molecule has 0 fully saturated rings. The number of hydrogen-bond donors (Lipinski definition) is 1. The lowest BCUT2D eigenvalue weighted by atomic mass is 10.1. The Morgan fingerprint density at radius 1 is 1.16 bits per heavy atom. The number of aromatic nitrogens is 4. The van der Waals surface area contributed by atoms with E-state index in [4.69, 9.17) is 0 Å². The van der Waals surface area contributed by atoms with Crippen molar-refractivity contribution in [1.29, 1.82) is 0 Å². The van der Waals surface area contributed by atoms with Crippen LogP contribution in [0.25, 0.3) is 5.78 Å². The van der Waals surface area contributed by atoms with Gasteiger partial charge in [0, 0.05) is 18.3 Å². The predicted octanol–water partition coefficient (Wildman–Crippen LogP) is 2.35. The Bertz CT molecular complexity index is 699. The Balaban J connectivity index is 1.85. The first-order valence-corrected chi connectivity index (χ1v) is 6.19. The van der Waals surface area contributed by atoms with Crippen LogP contribution in [0.1, 0.15) is 16.8 Å². The summed E-state index contributed by atoms with van der Waals surface area (Å²) in [6.45, 7) is 4.80. The quantitative estimate of drug-likeness (QED) is 0.778. The molecule has 0 saturated heterocycles. The Kier molecular flexibility index (Phi) is 2.87. The Labute approximate surface area is 111 Å². The van der Waals surface area contributed by atoms with E-state index in [9.17, 15) is 0 Å². The standard InChI is InChI=1S/C14H15N5/c1-10-3-5-12(6-4-10)8-15-13-7-11(2)17-14-18-16-9-19(13)14/h3-7,9,15H,8H2,1-2H3. The number of nitrogens with one attached hydrogen (secondary N) is 1. The second kappa shape index (κ2) is 4.68. The van der Waals surface area contributed by atoms with Gasteiger partial charge in [-0.2, -0.15) is 0 Å². The minimum atomic E-state index is 0.617. The van der Waals surface area contributed by atoms with E-state index in [1.807, 2.05) is 17.4 Å². The molecule has 0 radical (unpaired) electrons. The number of rotatable bonds is 3. The third-order valence-corrected chi connectivity index (χ3v) is 3.01. The number of hydrogen-bond acceptors (Lipinski definition) is 4. The van der Waals surface area contributed by atoms with Gasteiger partial charge in [-0.3, -0.25) is 4.40 Å². The van der Waals surface area contributed by atoms with Gasteiger partial charge in [-0.05, 0) is 19.4 Å². The maximum Gasteiger partial charge on any atom is 0.256 e. The monoisotopic (exact) mass is 253 g/mol. The molecule has 2 aromatic heterocycles. The van der Waals surface area contributed by atoms with Gasteiger partial charge in [-0.15, -0.1) is 10.2 Å². The number of anilines is 1. The van der Waals surface area contributed by atoms with Crippen molar-refractivity contribution in [2.24, 2.45) is 0 Å². The molecular weight excluding hydrogens is 238 g/mol. The molecule has 0 aliphatic rings. The third kappa shape index (κ3) is 2.40. The predicted molar refractivity (Wildman–Crippen MR) is 74.0 cm³/mol. The highest BCUT2D eigenvalue weighted by Gasteiger charge is 2.04. The van der Waals surface area contributed by atoms with Gasteiger partial charge in [0.25, 0.3) is 5.78 Å². The molecule has 2 heterocycles. The molecular formula is C14H15N5. The first-order valence-electron chi connectivity index (χ1n) is 6.19. The van der Waals surface area contributed by atoms with Gasteiger partial charge >= 0.3 is 0 Å². The summed E-state index contributed by atoms with van der Waals surface area (Å²) < 4.78 is 1.85. The van der Waals surface area contributed by atoms with E-state index in [0.717, 1.165) is 18.1 Å². The second-order valence-corrected chi connectivity index (χ2v) is 4.62. The van der Waals surface area contributed by atoms with Gasteiger partial charge < -0.3 is 5.32 Å². The molecule has 0 spiro atoms. The summed E-state index contributed by atoms with van der Waals surface area (Å²) in [5, 5.41) is 11.2. The summed E-state index contributed by atoms with van der Waals surface area (Å²) in [4.78, 5) is 4.31. The number of benzene rings is 1. The van der Waals surface area contributed by atoms with E-state index >= 15 is 0 Å². The molecule has 0 atom stereocenters. The summed E-state index contributed by atoms with van der Waals surface area (Å²) in [6, 6.07) is 10.5. The Morgan fingerprint density at radius 2 is 1.95 bits per heavy atom. The molecule has 0 aliphatic carbocycles. The lowest BCUT2D eigenvalue weighted by Crippen LogP contribution is -2.05. The molecule has 19 heavy (non-hydrogen) atoms. The van der Waals surface area contributed by atoms with Crippen molar-refractivity contribution in [3.63, 3.8) is 0 Å². The molecule has 1 N–H and O–H groups in total. The average Bonchev–Trinajstić information content (AvgIpc) is 2.85. The molecule has 1 aromatic carbocycles. The highest BCUT2D eigenvalue weighted by molar-refractivity contribution is 5.46. The fraction of sp³-hybridized carbons (Fsp3) is 0.214. The van der Waals surface area contributed by atoms with E-state index in [-0.39, 0.29) is 0 Å². The lowest BCUT2D eigenvalue weighted by molar-refractivity contribution is 1.03. The first kappa shape index (κ1) is 11.6. The Morgan fingerprint density at radius 3 is 2.74 bits per heavy atom. The van der Waals surface area contributed by atoms with Crippen molar-refractivity contribution in [3.8, 4) is 0 Å². The molecule has 0 unspecified atom stereocenters. The van der Waals surface area contributed by atoms with Crippen molar-refractivity contribution < 1.29 is 0 Å². The van der Waals surface area contributed by atoms with Gasteiger partial charge in [0.05, 0.1) is 0 Å². The van der Waals surface area contributed by atoms with Crippen LogP contribution in [0.5, 0.6) is 0 Å². The van der Waals surface area contributed by atoms with Crippen LogP contribution in [-0.4, -0.2) is 19.6 Å². The topological polar surface area (TPSA) is 55.1 Å². The summed E-state index contributed by atoms with van der Waals surface area (Å²) >= 11 is 0. The molecule has 3 aromatic rings. The maximum absolute atomic E-state index is 4.31. The smallest absolute Gasteiger partial charge is 0.256 e. The average molecular weight is 253 g/mol. The second-order valence-electron chi connectivity index (χ2n) is 4.62. The number of fused-ring (bicyclic) bond motifs is 1. The Hall–Kier alpha value is -2.43. The van der Waals surface area contributed by atoms with Gasteiger partial charge in [0.1, 0.15) is 12.1 Å². The zero-order valence-electron chi connectivity index (χ0n) is 11.0. The summed E-state index contributed by atoms with van der Waals surface area (Å²) in [6.07, 6.45) is 1.67. The van der Waals surface area contributed by atoms with Crippen LogP contribution >= 0.6 is 0 Å². The minimum absolute atomic E-state index is 0.617. The zero-order valence-corrected chi connectivity index (χ0v) is 11.0. The van der Waals surface area contributed by atoms with E-state index in [1.54, 1.807) is 6.33 Å². The van der Waals surface area contributed by atoms with Crippen LogP contribution in [0.2, 0.25) is 0 Å². The van der Waals surface area contributed by atoms with Crippen LogP contribution in [0, 0.1) is 13.8 Å². The molecule has 0 amide bonds. The summed E-state index contributed by atoms with van der Waals surface area (Å²) in [7, 11) is 0. The normalized spacial score (nSPS) is 10.8. The van der Waals surface area contributed by atoms with Crippen LogP contribution in [-0.2, 0) is 6.54 Å². The molecule has 5 heteroatoms. The SMILES string of the molecule is Cc1ccc(CNc2cc(C)nc3nncn23)cc1. The molecule has 5 nitrogen and oxygen atoms in total. The first-order chi connectivity index (χ1) is 9.22. The van der Waals surface area contributed by atoms with Crippen molar-refractivity contribution in [2.45, 2.75) is 20.4 Å². The van der Waals surface area contributed by atoms with E-state index in [0.29, 0.717) is 5.78 Å². The number of aryl methyl sites for hydroxylation is 2. The van der Waals surface area contributed by atoms with Crippen LogP contribution in [0.15, 0.2) is 36.7 Å². The fourth-order valence-corrected chi connectivity index (χ4v) is 1.97. The third-order valence-electron chi connectivity index (χ3n) is 3.01. The van der Waals surface area contributed by atoms with Gasteiger partial charge in [0.2, 0.25) is 0 Å². The van der Waals surface area contributed by atoms with Crippen LogP contribution < -0.4 is 5.32 Å². The van der Waals surface area contributed by atoms with Gasteiger partial charge in [-0.25, -0.2) is 4.98 Å². The minimum Gasteiger partial charge on any atom is -0.367 e. The summed E-state index contributed by atoms with van der Waals surface area (Å²) in [5.74, 6) is 1.57. The lowest BCUT2D eigenvalue weighted by Gasteiger charge is -2.09. The summed E-state index contributed by atoms with van der Waals surface area (Å²) in [5.41, 5.74) is 3.43. The van der Waals surface area contributed by atoms with Crippen LogP contribution in [0.4, 0.5) is 5.82 Å². The van der Waals surface area contributed by atoms with Gasteiger partial charge in [0.15, 0.2) is 0 Å². The molecule has 0 bridgehead atoms. The van der Waals surface area contributed by atoms with E-state index < -0.39 is 0 Å². The van der Waals surface area contributed by atoms with Crippen molar-refractivity contribution in [1.82, 2.24) is 19.6 Å². The van der Waals surface area contributed by atoms with Crippen molar-refractivity contribution in [2.75, 3.05) is 5.32 Å². The molecule has 96 valence electrons. The molecule has 0 saturated carbocycles.